The second-order valence-electron chi connectivity index (χ2n) is 11.9. The average molecular weight is 601 g/mol. The lowest BCUT2D eigenvalue weighted by atomic mass is 9.82. The zero-order valence-corrected chi connectivity index (χ0v) is 25.7. The molecule has 1 saturated heterocycles. The zero-order valence-electron chi connectivity index (χ0n) is 24.9. The fourth-order valence-corrected chi connectivity index (χ4v) is 6.38. The van der Waals surface area contributed by atoms with E-state index in [0.717, 1.165) is 17.5 Å². The third-order valence-electron chi connectivity index (χ3n) is 7.62. The maximum absolute atomic E-state index is 13.5. The highest BCUT2D eigenvalue weighted by Crippen LogP contribution is 2.39. The third-order valence-corrected chi connectivity index (χ3v) is 8.42. The first kappa shape index (κ1) is 33.2. The molecule has 1 fully saturated rings. The number of likely N-dealkylation sites (tertiary alicyclic amines) is 1. The Labute approximate surface area is 250 Å². The monoisotopic (exact) mass is 600 g/mol. The Balaban J connectivity index is 1.81. The summed E-state index contributed by atoms with van der Waals surface area (Å²) in [4.78, 5) is 41.1. The van der Waals surface area contributed by atoms with E-state index in [4.69, 9.17) is 10.5 Å². The number of amides is 3. The predicted molar refractivity (Wildman–Crippen MR) is 163 cm³/mol. The van der Waals surface area contributed by atoms with Crippen molar-refractivity contribution in [2.75, 3.05) is 18.6 Å². The molecule has 1 heterocycles. The Bertz CT molecular complexity index is 1220. The van der Waals surface area contributed by atoms with E-state index < -0.39 is 52.4 Å². The summed E-state index contributed by atoms with van der Waals surface area (Å²) >= 11 is 0. The van der Waals surface area contributed by atoms with E-state index in [0.29, 0.717) is 13.0 Å². The van der Waals surface area contributed by atoms with E-state index in [1.165, 1.54) is 6.26 Å². The van der Waals surface area contributed by atoms with Crippen molar-refractivity contribution in [3.05, 3.63) is 71.8 Å². The highest BCUT2D eigenvalue weighted by atomic mass is 32.2. The van der Waals surface area contributed by atoms with Crippen LogP contribution in [0.5, 0.6) is 0 Å². The van der Waals surface area contributed by atoms with E-state index in [1.807, 2.05) is 74.2 Å². The van der Waals surface area contributed by atoms with Crippen molar-refractivity contribution < 1.29 is 28.4 Å². The number of hydrogen-bond donors (Lipinski definition) is 4. The number of aliphatic hydroxyl groups is 1. The molecule has 0 aromatic heterocycles. The van der Waals surface area contributed by atoms with Crippen LogP contribution in [-0.2, 0) is 38.2 Å². The van der Waals surface area contributed by atoms with E-state index >= 15 is 0 Å². The molecular weight excluding hydrogens is 556 g/mol. The van der Waals surface area contributed by atoms with Gasteiger partial charge in [0.25, 0.3) is 0 Å². The van der Waals surface area contributed by atoms with E-state index in [1.54, 1.807) is 12.1 Å². The maximum atomic E-state index is 13.5. The van der Waals surface area contributed by atoms with Gasteiger partial charge >= 0.3 is 6.09 Å². The number of hydrogen-bond acceptors (Lipinski definition) is 7. The topological polar surface area (TPSA) is 151 Å². The van der Waals surface area contributed by atoms with Gasteiger partial charge in [-0.15, -0.1) is 0 Å². The molecule has 10 nitrogen and oxygen atoms in total. The molecule has 0 saturated carbocycles. The van der Waals surface area contributed by atoms with Crippen molar-refractivity contribution in [3.8, 4) is 0 Å². The van der Waals surface area contributed by atoms with Crippen molar-refractivity contribution in [1.82, 2.24) is 15.5 Å². The van der Waals surface area contributed by atoms with Crippen LogP contribution in [0.4, 0.5) is 4.79 Å². The van der Waals surface area contributed by atoms with Gasteiger partial charge in [-0.2, -0.15) is 0 Å². The van der Waals surface area contributed by atoms with Gasteiger partial charge in [0, 0.05) is 29.0 Å². The standard InChI is InChI=1S/C31H44N4O6S/c1-30(2,3)35-17-11-16-31(35,28(32)38)19-26(36)24(18-22-12-7-5-8-13-22)33-27(37)25(21-42(4)40)34-29(39)41-20-23-14-9-6-10-15-23/h5-10,12-15,24-26,36H,11,16-21H2,1-4H3,(H2,32,38)(H,33,37)(H,34,39)/t24-,25-,26+,31+,42?/m0/s1. The van der Waals surface area contributed by atoms with Crippen LogP contribution in [0.1, 0.15) is 51.2 Å². The molecule has 0 radical (unpaired) electrons. The summed E-state index contributed by atoms with van der Waals surface area (Å²) < 4.78 is 17.4. The Morgan fingerprint density at radius 1 is 1.05 bits per heavy atom. The number of benzene rings is 2. The second kappa shape index (κ2) is 14.8. The van der Waals surface area contributed by atoms with Crippen LogP contribution in [0, 0.1) is 0 Å². The van der Waals surface area contributed by atoms with Crippen LogP contribution >= 0.6 is 0 Å². The third kappa shape index (κ3) is 9.11. The number of aliphatic hydroxyl groups excluding tert-OH is 1. The van der Waals surface area contributed by atoms with Crippen LogP contribution in [0.3, 0.4) is 0 Å². The van der Waals surface area contributed by atoms with Gasteiger partial charge in [-0.1, -0.05) is 60.7 Å². The van der Waals surface area contributed by atoms with Crippen LogP contribution in [0.25, 0.3) is 0 Å². The maximum Gasteiger partial charge on any atom is 0.408 e. The molecule has 0 bridgehead atoms. The summed E-state index contributed by atoms with van der Waals surface area (Å²) in [7, 11) is -1.43. The molecular formula is C31H44N4O6S. The molecule has 3 rings (SSSR count). The Kier molecular flexibility index (Phi) is 11.7. The predicted octanol–water partition coefficient (Wildman–Crippen LogP) is 2.26. The van der Waals surface area contributed by atoms with Gasteiger partial charge in [-0.05, 0) is 57.7 Å². The summed E-state index contributed by atoms with van der Waals surface area (Å²) in [6, 6.07) is 16.4. The van der Waals surface area contributed by atoms with Crippen molar-refractivity contribution >= 4 is 28.7 Å². The molecule has 42 heavy (non-hydrogen) atoms. The number of primary amides is 1. The van der Waals surface area contributed by atoms with Crippen LogP contribution in [-0.4, -0.2) is 79.9 Å². The minimum Gasteiger partial charge on any atom is -0.445 e. The summed E-state index contributed by atoms with van der Waals surface area (Å²) in [5.74, 6) is -1.28. The number of nitrogens with two attached hydrogens (primary N) is 1. The first-order valence-corrected chi connectivity index (χ1v) is 15.9. The fraction of sp³-hybridized carbons (Fsp3) is 0.516. The number of ether oxygens (including phenoxy) is 1. The summed E-state index contributed by atoms with van der Waals surface area (Å²) in [5.41, 5.74) is 6.16. The first-order chi connectivity index (χ1) is 19.8. The smallest absolute Gasteiger partial charge is 0.408 e. The van der Waals surface area contributed by atoms with Gasteiger partial charge in [0.15, 0.2) is 0 Å². The molecule has 1 aliphatic heterocycles. The molecule has 230 valence electrons. The lowest BCUT2D eigenvalue weighted by Crippen LogP contribution is -2.63. The van der Waals surface area contributed by atoms with Crippen LogP contribution < -0.4 is 16.4 Å². The zero-order chi connectivity index (χ0) is 30.9. The second-order valence-corrected chi connectivity index (χ2v) is 13.4. The minimum atomic E-state index is -1.43. The van der Waals surface area contributed by atoms with Crippen molar-refractivity contribution in [2.45, 2.75) is 82.3 Å². The van der Waals surface area contributed by atoms with E-state index in [-0.39, 0.29) is 30.7 Å². The van der Waals surface area contributed by atoms with Gasteiger partial charge in [-0.25, -0.2) is 4.79 Å². The molecule has 0 aliphatic carbocycles. The van der Waals surface area contributed by atoms with Gasteiger partial charge in [-0.3, -0.25) is 18.7 Å². The summed E-state index contributed by atoms with van der Waals surface area (Å²) in [6.45, 7) is 6.68. The van der Waals surface area contributed by atoms with Crippen LogP contribution in [0.15, 0.2) is 60.7 Å². The highest BCUT2D eigenvalue weighted by molar-refractivity contribution is 7.84. The van der Waals surface area contributed by atoms with Gasteiger partial charge < -0.3 is 26.2 Å². The summed E-state index contributed by atoms with van der Waals surface area (Å²) in [6.07, 6.45) is 0.987. The van der Waals surface area contributed by atoms with Gasteiger partial charge in [0.1, 0.15) is 18.2 Å². The van der Waals surface area contributed by atoms with Gasteiger partial charge in [0.2, 0.25) is 11.8 Å². The first-order valence-electron chi connectivity index (χ1n) is 14.2. The number of nitrogens with zero attached hydrogens (tertiary/aromatic N) is 1. The number of carbonyl (C=O) groups excluding carboxylic acids is 3. The normalized spacial score (nSPS) is 20.2. The Morgan fingerprint density at radius 2 is 1.64 bits per heavy atom. The molecule has 3 amide bonds. The molecule has 1 unspecified atom stereocenters. The van der Waals surface area contributed by atoms with Crippen molar-refractivity contribution in [2.24, 2.45) is 5.73 Å². The molecule has 2 aromatic rings. The lowest BCUT2D eigenvalue weighted by molar-refractivity contribution is -0.135. The molecule has 11 heteroatoms. The Hall–Kier alpha value is -3.28. The molecule has 5 N–H and O–H groups in total. The number of carbonyl (C=O) groups is 3. The molecule has 0 spiro atoms. The average Bonchev–Trinajstić information content (AvgIpc) is 3.38. The number of nitrogens with one attached hydrogen (secondary N) is 2. The fourth-order valence-electron chi connectivity index (χ4n) is 5.67. The van der Waals surface area contributed by atoms with E-state index in [9.17, 15) is 23.7 Å². The number of alkyl carbamates (subject to hydrolysis) is 1. The van der Waals surface area contributed by atoms with Crippen LogP contribution in [0.2, 0.25) is 0 Å². The minimum absolute atomic E-state index is 0.00501. The Morgan fingerprint density at radius 3 is 2.19 bits per heavy atom. The van der Waals surface area contributed by atoms with Crippen molar-refractivity contribution in [1.29, 1.82) is 0 Å². The summed E-state index contributed by atoms with van der Waals surface area (Å²) in [5, 5.41) is 17.0. The molecule has 1 aliphatic rings. The highest BCUT2D eigenvalue weighted by Gasteiger charge is 2.51. The van der Waals surface area contributed by atoms with Crippen molar-refractivity contribution in [3.63, 3.8) is 0 Å². The van der Waals surface area contributed by atoms with E-state index in [2.05, 4.69) is 10.6 Å². The SMILES string of the molecule is CS(=O)C[C@H](NC(=O)OCc1ccccc1)C(=O)N[C@@H](Cc1ccccc1)[C@H](O)C[C@@]1(C(N)=O)CCCN1C(C)(C)C. The molecule has 2 aromatic carbocycles. The molecule has 5 atom stereocenters. The van der Waals surface area contributed by atoms with Gasteiger partial charge in [0.05, 0.1) is 17.9 Å². The number of rotatable bonds is 13. The quantitative estimate of drug-likeness (QED) is 0.275. The largest absolute Gasteiger partial charge is 0.445 e. The lowest BCUT2D eigenvalue weighted by Gasteiger charge is -2.46.